The average molecular weight is 378 g/mol. The molecule has 28 heavy (non-hydrogen) atoms. The maximum Gasteiger partial charge on any atom is 0.257 e. The van der Waals surface area contributed by atoms with E-state index >= 15 is 0 Å². The number of rotatable bonds is 2. The average Bonchev–Trinajstić information content (AvgIpc) is 3.31. The third-order valence-corrected chi connectivity index (χ3v) is 5.48. The minimum absolute atomic E-state index is 0.0165. The molecule has 144 valence electrons. The lowest BCUT2D eigenvalue weighted by Crippen LogP contribution is -2.51. The molecule has 2 aliphatic heterocycles. The smallest absolute Gasteiger partial charge is 0.257 e. The SMILES string of the molecule is Cc1nc(N2CCOC(C(=O)N3CCc4ccccc43)C2)c2cnn(C)c2n1. The van der Waals surface area contributed by atoms with Gasteiger partial charge in [-0.3, -0.25) is 9.48 Å². The first-order valence-corrected chi connectivity index (χ1v) is 9.54. The van der Waals surface area contributed by atoms with E-state index in [2.05, 4.69) is 26.0 Å². The van der Waals surface area contributed by atoms with Crippen LogP contribution in [0, 0.1) is 6.92 Å². The maximum absolute atomic E-state index is 13.2. The second-order valence-electron chi connectivity index (χ2n) is 7.27. The summed E-state index contributed by atoms with van der Waals surface area (Å²) in [7, 11) is 1.87. The molecule has 8 nitrogen and oxygen atoms in total. The molecule has 1 aromatic carbocycles. The van der Waals surface area contributed by atoms with Crippen LogP contribution in [0.15, 0.2) is 30.5 Å². The Labute approximate surface area is 162 Å². The van der Waals surface area contributed by atoms with Crippen LogP contribution in [-0.2, 0) is 23.0 Å². The highest BCUT2D eigenvalue weighted by Gasteiger charge is 2.34. The third kappa shape index (κ3) is 2.72. The van der Waals surface area contributed by atoms with Gasteiger partial charge in [-0.15, -0.1) is 0 Å². The quantitative estimate of drug-likeness (QED) is 0.672. The van der Waals surface area contributed by atoms with Crippen molar-refractivity contribution >= 4 is 28.4 Å². The van der Waals surface area contributed by atoms with E-state index in [0.29, 0.717) is 32.1 Å². The number of fused-ring (bicyclic) bond motifs is 2. The van der Waals surface area contributed by atoms with Crippen LogP contribution >= 0.6 is 0 Å². The van der Waals surface area contributed by atoms with E-state index in [9.17, 15) is 4.79 Å². The fraction of sp³-hybridized carbons (Fsp3) is 0.400. The molecular formula is C20H22N6O2. The topological polar surface area (TPSA) is 76.4 Å². The van der Waals surface area contributed by atoms with E-state index in [1.54, 1.807) is 10.9 Å². The monoisotopic (exact) mass is 378 g/mol. The fourth-order valence-electron chi connectivity index (χ4n) is 4.09. The summed E-state index contributed by atoms with van der Waals surface area (Å²) in [4.78, 5) is 26.3. The van der Waals surface area contributed by atoms with Gasteiger partial charge in [-0.25, -0.2) is 9.97 Å². The number of ether oxygens (including phenoxy) is 1. The van der Waals surface area contributed by atoms with Crippen LogP contribution in [0.1, 0.15) is 11.4 Å². The highest BCUT2D eigenvalue weighted by atomic mass is 16.5. The van der Waals surface area contributed by atoms with Gasteiger partial charge in [-0.2, -0.15) is 5.10 Å². The van der Waals surface area contributed by atoms with E-state index in [0.717, 1.165) is 29.0 Å². The second kappa shape index (κ2) is 6.56. The normalized spacial score (nSPS) is 19.3. The number of hydrogen-bond donors (Lipinski definition) is 0. The highest BCUT2D eigenvalue weighted by Crippen LogP contribution is 2.30. The molecule has 8 heteroatoms. The van der Waals surface area contributed by atoms with Crippen LogP contribution in [0.4, 0.5) is 11.5 Å². The molecule has 3 aromatic rings. The molecule has 1 atom stereocenters. The molecule has 1 amide bonds. The van der Waals surface area contributed by atoms with Gasteiger partial charge in [0.2, 0.25) is 0 Å². The van der Waals surface area contributed by atoms with Gasteiger partial charge in [0.1, 0.15) is 11.6 Å². The predicted molar refractivity (Wildman–Crippen MR) is 105 cm³/mol. The van der Waals surface area contributed by atoms with Crippen molar-refractivity contribution in [3.63, 3.8) is 0 Å². The lowest BCUT2D eigenvalue weighted by atomic mass is 10.2. The van der Waals surface area contributed by atoms with Crippen molar-refractivity contribution in [3.05, 3.63) is 41.9 Å². The summed E-state index contributed by atoms with van der Waals surface area (Å²) < 4.78 is 7.62. The Bertz CT molecular complexity index is 1060. The minimum Gasteiger partial charge on any atom is -0.365 e. The molecule has 2 aromatic heterocycles. The number of benzene rings is 1. The molecule has 4 heterocycles. The van der Waals surface area contributed by atoms with E-state index in [1.807, 2.05) is 37.1 Å². The summed E-state index contributed by atoms with van der Waals surface area (Å²) >= 11 is 0. The summed E-state index contributed by atoms with van der Waals surface area (Å²) in [6.07, 6.45) is 2.16. The molecular weight excluding hydrogens is 356 g/mol. The van der Waals surface area contributed by atoms with Crippen LogP contribution in [0.2, 0.25) is 0 Å². The predicted octanol–water partition coefficient (Wildman–Crippen LogP) is 1.47. The van der Waals surface area contributed by atoms with Crippen LogP contribution in [-0.4, -0.2) is 58.0 Å². The van der Waals surface area contributed by atoms with E-state index < -0.39 is 6.10 Å². The van der Waals surface area contributed by atoms with Crippen molar-refractivity contribution in [2.45, 2.75) is 19.4 Å². The molecule has 1 saturated heterocycles. The van der Waals surface area contributed by atoms with Gasteiger partial charge >= 0.3 is 0 Å². The molecule has 5 rings (SSSR count). The molecule has 0 bridgehead atoms. The van der Waals surface area contributed by atoms with E-state index in [1.165, 1.54) is 5.56 Å². The van der Waals surface area contributed by atoms with Gasteiger partial charge in [0, 0.05) is 25.8 Å². The standard InChI is InChI=1S/C20H22N6O2/c1-13-22-18-15(11-21-24(18)2)19(23-13)25-9-10-28-17(12-25)20(27)26-8-7-14-5-3-4-6-16(14)26/h3-6,11,17H,7-10,12H2,1-2H3. The van der Waals surface area contributed by atoms with Gasteiger partial charge in [0.05, 0.1) is 24.7 Å². The molecule has 2 aliphatic rings. The van der Waals surface area contributed by atoms with Gasteiger partial charge in [-0.05, 0) is 25.0 Å². The zero-order chi connectivity index (χ0) is 19.3. The van der Waals surface area contributed by atoms with Gasteiger partial charge in [-0.1, -0.05) is 18.2 Å². The number of nitrogens with zero attached hydrogens (tertiary/aromatic N) is 6. The number of hydrogen-bond acceptors (Lipinski definition) is 6. The summed E-state index contributed by atoms with van der Waals surface area (Å²) in [6.45, 7) is 4.22. The molecule has 0 N–H and O–H groups in total. The van der Waals surface area contributed by atoms with Crippen molar-refractivity contribution < 1.29 is 9.53 Å². The summed E-state index contributed by atoms with van der Waals surface area (Å²) in [6, 6.07) is 8.08. The van der Waals surface area contributed by atoms with Crippen LogP contribution in [0.3, 0.4) is 0 Å². The van der Waals surface area contributed by atoms with Crippen molar-refractivity contribution in [2.24, 2.45) is 7.05 Å². The number of para-hydroxylation sites is 1. The Morgan fingerprint density at radius 2 is 2.07 bits per heavy atom. The molecule has 0 spiro atoms. The number of aromatic nitrogens is 4. The molecule has 1 fully saturated rings. The van der Waals surface area contributed by atoms with Crippen molar-refractivity contribution in [1.29, 1.82) is 0 Å². The summed E-state index contributed by atoms with van der Waals surface area (Å²) in [5, 5.41) is 5.21. The van der Waals surface area contributed by atoms with Crippen molar-refractivity contribution in [3.8, 4) is 0 Å². The molecule has 0 radical (unpaired) electrons. The third-order valence-electron chi connectivity index (χ3n) is 5.48. The van der Waals surface area contributed by atoms with Gasteiger partial charge in [0.25, 0.3) is 5.91 Å². The number of morpholine rings is 1. The second-order valence-corrected chi connectivity index (χ2v) is 7.27. The van der Waals surface area contributed by atoms with Crippen molar-refractivity contribution in [2.75, 3.05) is 36.0 Å². The number of carbonyl (C=O) groups is 1. The number of carbonyl (C=O) groups excluding carboxylic acids is 1. The van der Waals surface area contributed by atoms with E-state index in [-0.39, 0.29) is 5.91 Å². The molecule has 1 unspecified atom stereocenters. The fourth-order valence-corrected chi connectivity index (χ4v) is 4.09. The van der Waals surface area contributed by atoms with Crippen LogP contribution < -0.4 is 9.80 Å². The first-order valence-electron chi connectivity index (χ1n) is 9.54. The summed E-state index contributed by atoms with van der Waals surface area (Å²) in [5.74, 6) is 1.52. The Morgan fingerprint density at radius 1 is 1.21 bits per heavy atom. The van der Waals surface area contributed by atoms with E-state index in [4.69, 9.17) is 4.74 Å². The lowest BCUT2D eigenvalue weighted by Gasteiger charge is -2.35. The Kier molecular flexibility index (Phi) is 4.01. The van der Waals surface area contributed by atoms with Crippen LogP contribution in [0.5, 0.6) is 0 Å². The number of amides is 1. The Hall–Kier alpha value is -3.00. The highest BCUT2D eigenvalue weighted by molar-refractivity contribution is 5.99. The first-order chi connectivity index (χ1) is 13.6. The number of anilines is 2. The number of aryl methyl sites for hydroxylation is 2. The largest absolute Gasteiger partial charge is 0.365 e. The first kappa shape index (κ1) is 17.1. The Morgan fingerprint density at radius 3 is 2.96 bits per heavy atom. The molecule has 0 saturated carbocycles. The zero-order valence-corrected chi connectivity index (χ0v) is 16.0. The van der Waals surface area contributed by atoms with Gasteiger partial charge in [0.15, 0.2) is 11.8 Å². The summed E-state index contributed by atoms with van der Waals surface area (Å²) in [5.41, 5.74) is 3.01. The maximum atomic E-state index is 13.2. The van der Waals surface area contributed by atoms with Crippen LogP contribution in [0.25, 0.3) is 11.0 Å². The lowest BCUT2D eigenvalue weighted by molar-refractivity contribution is -0.130. The van der Waals surface area contributed by atoms with Gasteiger partial charge < -0.3 is 14.5 Å². The minimum atomic E-state index is -0.512. The molecule has 0 aliphatic carbocycles. The Balaban J connectivity index is 1.42. The zero-order valence-electron chi connectivity index (χ0n) is 16.0. The van der Waals surface area contributed by atoms with Crippen molar-refractivity contribution in [1.82, 2.24) is 19.7 Å².